The molecule has 0 aliphatic carbocycles. The van der Waals surface area contributed by atoms with Gasteiger partial charge in [-0.3, -0.25) is 10.1 Å². The zero-order valence-corrected chi connectivity index (χ0v) is 16.8. The summed E-state index contributed by atoms with van der Waals surface area (Å²) in [5.74, 6) is 1.65. The summed E-state index contributed by atoms with van der Waals surface area (Å²) in [7, 11) is 3.31. The molecule has 2 atom stereocenters. The Hall–Kier alpha value is -2.53. The highest BCUT2D eigenvalue weighted by Gasteiger charge is 2.18. The van der Waals surface area contributed by atoms with Crippen LogP contribution in [0.25, 0.3) is 0 Å². The van der Waals surface area contributed by atoms with Gasteiger partial charge in [0.15, 0.2) is 0 Å². The Bertz CT molecular complexity index is 744. The number of hydrogen-bond acceptors (Lipinski definition) is 4. The van der Waals surface area contributed by atoms with Gasteiger partial charge in [0.05, 0.1) is 20.3 Å². The minimum absolute atomic E-state index is 0.00203. The molecule has 0 bridgehead atoms. The molecule has 2 N–H and O–H groups in total. The van der Waals surface area contributed by atoms with Crippen LogP contribution in [0.3, 0.4) is 0 Å². The van der Waals surface area contributed by atoms with Crippen LogP contribution in [-0.4, -0.2) is 32.7 Å². The van der Waals surface area contributed by atoms with Gasteiger partial charge in [0, 0.05) is 18.2 Å². The number of carbonyl (C=O) groups is 1. The fraction of sp³-hybridized carbons (Fsp3) is 0.409. The summed E-state index contributed by atoms with van der Waals surface area (Å²) in [5, 5.41) is 6.35. The number of methoxy groups -OCH3 is 2. The third-order valence-electron chi connectivity index (χ3n) is 4.62. The van der Waals surface area contributed by atoms with Crippen molar-refractivity contribution in [1.82, 2.24) is 10.6 Å². The van der Waals surface area contributed by atoms with Crippen molar-refractivity contribution in [3.05, 3.63) is 59.2 Å². The number of nitrogens with one attached hydrogen (secondary N) is 2. The summed E-state index contributed by atoms with van der Waals surface area (Å²) in [6.07, 6.45) is 0.781. The Morgan fingerprint density at radius 1 is 1.04 bits per heavy atom. The minimum atomic E-state index is -0.305. The van der Waals surface area contributed by atoms with Crippen molar-refractivity contribution in [2.45, 2.75) is 39.3 Å². The highest BCUT2D eigenvalue weighted by molar-refractivity contribution is 5.81. The Labute approximate surface area is 162 Å². The predicted molar refractivity (Wildman–Crippen MR) is 108 cm³/mol. The second-order valence-corrected chi connectivity index (χ2v) is 6.74. The molecule has 1 amide bonds. The first-order chi connectivity index (χ1) is 12.9. The van der Waals surface area contributed by atoms with E-state index in [0.717, 1.165) is 34.6 Å². The molecule has 0 radical (unpaired) electrons. The van der Waals surface area contributed by atoms with Crippen molar-refractivity contribution < 1.29 is 14.3 Å². The summed E-state index contributed by atoms with van der Waals surface area (Å²) in [6, 6.07) is 13.6. The maximum Gasteiger partial charge on any atom is 0.236 e. The van der Waals surface area contributed by atoms with Crippen LogP contribution in [0.2, 0.25) is 0 Å². The van der Waals surface area contributed by atoms with Crippen LogP contribution in [0.5, 0.6) is 11.5 Å². The van der Waals surface area contributed by atoms with Crippen molar-refractivity contribution in [3.63, 3.8) is 0 Å². The summed E-state index contributed by atoms with van der Waals surface area (Å²) >= 11 is 0. The fourth-order valence-corrected chi connectivity index (χ4v) is 3.01. The van der Waals surface area contributed by atoms with E-state index in [0.29, 0.717) is 6.54 Å². The maximum absolute atomic E-state index is 12.4. The molecule has 5 nitrogen and oxygen atoms in total. The Morgan fingerprint density at radius 2 is 1.74 bits per heavy atom. The highest BCUT2D eigenvalue weighted by atomic mass is 16.5. The Kier molecular flexibility index (Phi) is 7.67. The number of ether oxygens (including phenoxy) is 2. The van der Waals surface area contributed by atoms with Gasteiger partial charge in [-0.2, -0.15) is 0 Å². The second kappa shape index (κ2) is 9.97. The highest BCUT2D eigenvalue weighted by Crippen LogP contribution is 2.26. The van der Waals surface area contributed by atoms with E-state index in [2.05, 4.69) is 16.7 Å². The molecule has 2 aromatic carbocycles. The van der Waals surface area contributed by atoms with E-state index < -0.39 is 0 Å². The molecule has 146 valence electrons. The molecule has 2 unspecified atom stereocenters. The van der Waals surface area contributed by atoms with E-state index in [1.807, 2.05) is 57.2 Å². The summed E-state index contributed by atoms with van der Waals surface area (Å²) in [5.41, 5.74) is 3.38. The van der Waals surface area contributed by atoms with Crippen LogP contribution in [0.15, 0.2) is 42.5 Å². The third kappa shape index (κ3) is 6.00. The molecular weight excluding hydrogens is 340 g/mol. The zero-order valence-electron chi connectivity index (χ0n) is 16.8. The molecule has 0 saturated heterocycles. The zero-order chi connectivity index (χ0) is 19.8. The van der Waals surface area contributed by atoms with Crippen molar-refractivity contribution in [2.24, 2.45) is 0 Å². The summed E-state index contributed by atoms with van der Waals surface area (Å²) in [4.78, 5) is 12.4. The van der Waals surface area contributed by atoms with E-state index in [9.17, 15) is 4.79 Å². The minimum Gasteiger partial charge on any atom is -0.497 e. The van der Waals surface area contributed by atoms with Crippen LogP contribution >= 0.6 is 0 Å². The van der Waals surface area contributed by atoms with Crippen molar-refractivity contribution in [1.29, 1.82) is 0 Å². The Balaban J connectivity index is 1.84. The second-order valence-electron chi connectivity index (χ2n) is 6.74. The first-order valence-corrected chi connectivity index (χ1v) is 9.25. The van der Waals surface area contributed by atoms with Gasteiger partial charge in [-0.25, -0.2) is 0 Å². The van der Waals surface area contributed by atoms with Gasteiger partial charge in [0.25, 0.3) is 0 Å². The molecule has 5 heteroatoms. The lowest BCUT2D eigenvalue weighted by Crippen LogP contribution is -2.43. The molecule has 0 aliphatic heterocycles. The van der Waals surface area contributed by atoms with E-state index in [1.165, 1.54) is 0 Å². The SMILES string of the molecule is COc1ccc(CCNC(=O)C(C)NC(C)c2cc(C)ccc2OC)cc1. The van der Waals surface area contributed by atoms with Crippen LogP contribution in [0.4, 0.5) is 0 Å². The summed E-state index contributed by atoms with van der Waals surface area (Å²) < 4.78 is 10.6. The van der Waals surface area contributed by atoms with Crippen LogP contribution in [-0.2, 0) is 11.2 Å². The lowest BCUT2D eigenvalue weighted by molar-refractivity contribution is -0.122. The van der Waals surface area contributed by atoms with Crippen LogP contribution < -0.4 is 20.1 Å². The number of benzene rings is 2. The molecule has 2 rings (SSSR count). The number of carbonyl (C=O) groups excluding carboxylic acids is 1. The smallest absolute Gasteiger partial charge is 0.236 e. The van der Waals surface area contributed by atoms with E-state index in [1.54, 1.807) is 14.2 Å². The number of amides is 1. The van der Waals surface area contributed by atoms with Gasteiger partial charge >= 0.3 is 0 Å². The lowest BCUT2D eigenvalue weighted by Gasteiger charge is -2.22. The van der Waals surface area contributed by atoms with Crippen LogP contribution in [0, 0.1) is 6.92 Å². The van der Waals surface area contributed by atoms with Gasteiger partial charge in [0.2, 0.25) is 5.91 Å². The standard InChI is InChI=1S/C22H30N2O3/c1-15-6-11-21(27-5)20(14-15)16(2)24-17(3)22(25)23-13-12-18-7-9-19(26-4)10-8-18/h6-11,14,16-17,24H,12-13H2,1-5H3,(H,23,25). The molecule has 0 saturated carbocycles. The topological polar surface area (TPSA) is 59.6 Å². The average molecular weight is 370 g/mol. The van der Waals surface area contributed by atoms with Gasteiger partial charge < -0.3 is 14.8 Å². The van der Waals surface area contributed by atoms with Crippen molar-refractivity contribution in [2.75, 3.05) is 20.8 Å². The molecule has 0 heterocycles. The molecule has 0 aliphatic rings. The van der Waals surface area contributed by atoms with Crippen molar-refractivity contribution in [3.8, 4) is 11.5 Å². The molecule has 2 aromatic rings. The van der Waals surface area contributed by atoms with E-state index in [-0.39, 0.29) is 18.0 Å². The first kappa shape index (κ1) is 20.8. The molecule has 0 aromatic heterocycles. The first-order valence-electron chi connectivity index (χ1n) is 9.25. The lowest BCUT2D eigenvalue weighted by atomic mass is 10.0. The maximum atomic E-state index is 12.4. The largest absolute Gasteiger partial charge is 0.497 e. The van der Waals surface area contributed by atoms with Gasteiger partial charge in [0.1, 0.15) is 11.5 Å². The predicted octanol–water partition coefficient (Wildman–Crippen LogP) is 3.41. The van der Waals surface area contributed by atoms with Gasteiger partial charge in [-0.05, 0) is 51.0 Å². The Morgan fingerprint density at radius 3 is 2.37 bits per heavy atom. The monoisotopic (exact) mass is 370 g/mol. The van der Waals surface area contributed by atoms with Gasteiger partial charge in [-0.15, -0.1) is 0 Å². The fourth-order valence-electron chi connectivity index (χ4n) is 3.01. The normalized spacial score (nSPS) is 12.9. The summed E-state index contributed by atoms with van der Waals surface area (Å²) in [6.45, 7) is 6.56. The average Bonchev–Trinajstić information content (AvgIpc) is 2.68. The molecule has 27 heavy (non-hydrogen) atoms. The third-order valence-corrected chi connectivity index (χ3v) is 4.62. The van der Waals surface area contributed by atoms with Gasteiger partial charge in [-0.1, -0.05) is 29.8 Å². The van der Waals surface area contributed by atoms with E-state index >= 15 is 0 Å². The van der Waals surface area contributed by atoms with Crippen LogP contribution in [0.1, 0.15) is 36.6 Å². The quantitative estimate of drug-likeness (QED) is 0.710. The number of aryl methyl sites for hydroxylation is 1. The number of hydrogen-bond donors (Lipinski definition) is 2. The molecule has 0 fully saturated rings. The number of rotatable bonds is 9. The molecule has 0 spiro atoms. The molecular formula is C22H30N2O3. The van der Waals surface area contributed by atoms with Crippen molar-refractivity contribution >= 4 is 5.91 Å². The van der Waals surface area contributed by atoms with E-state index in [4.69, 9.17) is 9.47 Å².